The topological polar surface area (TPSA) is 51.8 Å². The molecule has 0 bridgehead atoms. The fourth-order valence-corrected chi connectivity index (χ4v) is 8.09. The lowest BCUT2D eigenvalue weighted by molar-refractivity contribution is 0.669. The molecule has 0 atom stereocenters. The monoisotopic (exact) mass is 701 g/mol. The van der Waals surface area contributed by atoms with Gasteiger partial charge in [0.2, 0.25) is 0 Å². The number of benzene rings is 9. The van der Waals surface area contributed by atoms with Crippen molar-refractivity contribution < 1.29 is 4.42 Å². The van der Waals surface area contributed by atoms with E-state index in [0.29, 0.717) is 17.5 Å². The van der Waals surface area contributed by atoms with E-state index in [-0.39, 0.29) is 0 Å². The van der Waals surface area contributed by atoms with Crippen molar-refractivity contribution in [2.45, 2.75) is 0 Å². The van der Waals surface area contributed by atoms with Gasteiger partial charge in [-0.15, -0.1) is 0 Å². The normalized spacial score (nSPS) is 11.6. The highest BCUT2D eigenvalue weighted by atomic mass is 16.3. The highest BCUT2D eigenvalue weighted by Crippen LogP contribution is 2.47. The van der Waals surface area contributed by atoms with Gasteiger partial charge in [-0.05, 0) is 79.9 Å². The second-order valence-electron chi connectivity index (χ2n) is 14.0. The zero-order chi connectivity index (χ0) is 36.3. The summed E-state index contributed by atoms with van der Waals surface area (Å²) < 4.78 is 6.44. The molecule has 0 saturated carbocycles. The maximum Gasteiger partial charge on any atom is 0.164 e. The van der Waals surface area contributed by atoms with E-state index in [0.717, 1.165) is 50.1 Å². The Balaban J connectivity index is 1.05. The Morgan fingerprint density at radius 2 is 0.764 bits per heavy atom. The van der Waals surface area contributed by atoms with Crippen LogP contribution in [0.2, 0.25) is 0 Å². The first-order valence-electron chi connectivity index (χ1n) is 18.5. The molecule has 0 fully saturated rings. The zero-order valence-electron chi connectivity index (χ0n) is 29.6. The van der Waals surface area contributed by atoms with Crippen LogP contribution in [0.15, 0.2) is 192 Å². The lowest BCUT2D eigenvalue weighted by atomic mass is 9.88. The summed E-state index contributed by atoms with van der Waals surface area (Å²) in [6.45, 7) is 0. The van der Waals surface area contributed by atoms with Crippen molar-refractivity contribution in [2.24, 2.45) is 0 Å². The Morgan fingerprint density at radius 3 is 1.40 bits per heavy atom. The Bertz CT molecular complexity index is 3130. The molecule has 4 heteroatoms. The summed E-state index contributed by atoms with van der Waals surface area (Å²) in [4.78, 5) is 14.8. The van der Waals surface area contributed by atoms with Crippen molar-refractivity contribution in [1.29, 1.82) is 0 Å². The molecule has 0 unspecified atom stereocenters. The second-order valence-corrected chi connectivity index (χ2v) is 14.0. The van der Waals surface area contributed by atoms with E-state index in [4.69, 9.17) is 19.4 Å². The molecule has 0 saturated heterocycles. The summed E-state index contributed by atoms with van der Waals surface area (Å²) in [5, 5.41) is 7.26. The van der Waals surface area contributed by atoms with E-state index in [2.05, 4.69) is 127 Å². The number of furan rings is 1. The summed E-state index contributed by atoms with van der Waals surface area (Å²) >= 11 is 0. The van der Waals surface area contributed by atoms with E-state index in [1.54, 1.807) is 0 Å². The number of hydrogen-bond donors (Lipinski definition) is 0. The first-order valence-corrected chi connectivity index (χ1v) is 18.5. The largest absolute Gasteiger partial charge is 0.456 e. The molecule has 0 aliphatic heterocycles. The van der Waals surface area contributed by atoms with Gasteiger partial charge < -0.3 is 4.42 Å². The van der Waals surface area contributed by atoms with Crippen LogP contribution >= 0.6 is 0 Å². The van der Waals surface area contributed by atoms with Gasteiger partial charge in [0.05, 0.1) is 0 Å². The first-order chi connectivity index (χ1) is 27.2. The van der Waals surface area contributed by atoms with Crippen LogP contribution in [-0.4, -0.2) is 15.0 Å². The molecule has 4 nitrogen and oxygen atoms in total. The molecule has 11 aromatic rings. The third-order valence-corrected chi connectivity index (χ3v) is 10.7. The number of hydrogen-bond acceptors (Lipinski definition) is 4. The van der Waals surface area contributed by atoms with Crippen molar-refractivity contribution in [3.8, 4) is 67.5 Å². The van der Waals surface area contributed by atoms with Crippen LogP contribution in [0.5, 0.6) is 0 Å². The Hall–Kier alpha value is -7.43. The highest BCUT2D eigenvalue weighted by molar-refractivity contribution is 6.35. The molecule has 2 heterocycles. The molecular weight excluding hydrogens is 671 g/mol. The molecule has 256 valence electrons. The molecule has 0 amide bonds. The third kappa shape index (κ3) is 5.26. The number of rotatable bonds is 6. The Labute approximate surface area is 317 Å². The van der Waals surface area contributed by atoms with Crippen LogP contribution in [-0.2, 0) is 0 Å². The van der Waals surface area contributed by atoms with Crippen LogP contribution in [0.4, 0.5) is 0 Å². The van der Waals surface area contributed by atoms with Gasteiger partial charge in [-0.25, -0.2) is 15.0 Å². The average Bonchev–Trinajstić information content (AvgIpc) is 3.66. The third-order valence-electron chi connectivity index (χ3n) is 10.7. The first kappa shape index (κ1) is 31.1. The van der Waals surface area contributed by atoms with E-state index < -0.39 is 0 Å². The van der Waals surface area contributed by atoms with Gasteiger partial charge in [-0.2, -0.15) is 0 Å². The standard InChI is InChI=1S/C51H31N3O/c1-4-13-32(14-5-1)40-27-28-45-48-46(40)43-31-38(25-26-41(43)42-23-12-24-44(55-45)47(42)48)36-20-10-19-35(29-36)37-21-11-22-39(30-37)51-53-49(33-15-6-2-7-16-33)52-50(54-51)34-17-8-3-9-18-34/h1-31H. The van der Waals surface area contributed by atoms with E-state index in [9.17, 15) is 0 Å². The molecule has 0 aliphatic carbocycles. The van der Waals surface area contributed by atoms with E-state index >= 15 is 0 Å². The smallest absolute Gasteiger partial charge is 0.164 e. The van der Waals surface area contributed by atoms with Crippen LogP contribution in [0.25, 0.3) is 111 Å². The maximum atomic E-state index is 6.44. The average molecular weight is 702 g/mol. The zero-order valence-corrected chi connectivity index (χ0v) is 29.6. The molecule has 9 aromatic carbocycles. The second kappa shape index (κ2) is 12.6. The van der Waals surface area contributed by atoms with Crippen LogP contribution in [0.3, 0.4) is 0 Å². The van der Waals surface area contributed by atoms with Crippen molar-refractivity contribution in [2.75, 3.05) is 0 Å². The lowest BCUT2D eigenvalue weighted by Crippen LogP contribution is -2.00. The highest BCUT2D eigenvalue weighted by Gasteiger charge is 2.21. The Kier molecular flexibility index (Phi) is 7.14. The van der Waals surface area contributed by atoms with Gasteiger partial charge in [-0.3, -0.25) is 0 Å². The van der Waals surface area contributed by atoms with E-state index in [1.807, 2.05) is 60.7 Å². The van der Waals surface area contributed by atoms with Gasteiger partial charge >= 0.3 is 0 Å². The van der Waals surface area contributed by atoms with Crippen molar-refractivity contribution in [3.63, 3.8) is 0 Å². The molecule has 2 aromatic heterocycles. The molecule has 0 aliphatic rings. The summed E-state index contributed by atoms with van der Waals surface area (Å²) in [6.07, 6.45) is 0. The van der Waals surface area contributed by atoms with E-state index in [1.165, 1.54) is 43.4 Å². The minimum atomic E-state index is 0.637. The minimum Gasteiger partial charge on any atom is -0.456 e. The molecular formula is C51H31N3O. The van der Waals surface area contributed by atoms with Gasteiger partial charge in [0.25, 0.3) is 0 Å². The minimum absolute atomic E-state index is 0.637. The van der Waals surface area contributed by atoms with Crippen molar-refractivity contribution >= 4 is 43.5 Å². The predicted molar refractivity (Wildman–Crippen MR) is 226 cm³/mol. The Morgan fingerprint density at radius 1 is 0.273 bits per heavy atom. The quantitative estimate of drug-likeness (QED) is 0.162. The number of fused-ring (bicyclic) bond motifs is 3. The molecule has 0 N–H and O–H groups in total. The SMILES string of the molecule is c1ccc(-c2nc(-c3ccccc3)nc(-c3cccc(-c4cccc(-c5ccc6c(c5)c5c(-c7ccccc7)ccc7oc8cccc6c8c75)c4)c3)n2)cc1. The van der Waals surface area contributed by atoms with Crippen LogP contribution in [0.1, 0.15) is 0 Å². The maximum absolute atomic E-state index is 6.44. The van der Waals surface area contributed by atoms with Gasteiger partial charge in [0.1, 0.15) is 11.2 Å². The molecule has 0 spiro atoms. The fourth-order valence-electron chi connectivity index (χ4n) is 8.09. The summed E-state index contributed by atoms with van der Waals surface area (Å²) in [5.41, 5.74) is 11.6. The summed E-state index contributed by atoms with van der Waals surface area (Å²) in [7, 11) is 0. The van der Waals surface area contributed by atoms with Crippen LogP contribution < -0.4 is 0 Å². The van der Waals surface area contributed by atoms with Crippen molar-refractivity contribution in [1.82, 2.24) is 15.0 Å². The summed E-state index contributed by atoms with van der Waals surface area (Å²) in [5.74, 6) is 1.93. The lowest BCUT2D eigenvalue weighted by Gasteiger charge is -2.14. The fraction of sp³-hybridized carbons (Fsp3) is 0. The molecule has 55 heavy (non-hydrogen) atoms. The number of nitrogens with zero attached hydrogens (tertiary/aromatic N) is 3. The molecule has 0 radical (unpaired) electrons. The molecule has 11 rings (SSSR count). The van der Waals surface area contributed by atoms with Gasteiger partial charge in [0.15, 0.2) is 17.5 Å². The number of aromatic nitrogens is 3. The summed E-state index contributed by atoms with van der Waals surface area (Å²) in [6, 6.07) is 65.8. The van der Waals surface area contributed by atoms with Gasteiger partial charge in [0, 0.05) is 32.8 Å². The van der Waals surface area contributed by atoms with Gasteiger partial charge in [-0.1, -0.05) is 158 Å². The van der Waals surface area contributed by atoms with Crippen molar-refractivity contribution in [3.05, 3.63) is 188 Å². The van der Waals surface area contributed by atoms with Crippen LogP contribution in [0, 0.1) is 0 Å². The predicted octanol–water partition coefficient (Wildman–Crippen LogP) is 13.5.